The van der Waals surface area contributed by atoms with Gasteiger partial charge in [-0.25, -0.2) is 12.8 Å². The lowest BCUT2D eigenvalue weighted by molar-refractivity contribution is 0.582. The molecule has 0 bridgehead atoms. The molecule has 1 saturated heterocycles. The Labute approximate surface area is 93.8 Å². The number of rotatable bonds is 1. The summed E-state index contributed by atoms with van der Waals surface area (Å²) in [5.74, 6) is -0.291. The number of para-hydroxylation sites is 1. The SMILES string of the molecule is Nc1cccc(F)c1N1CCS(=O)(=O)CC1. The fourth-order valence-electron chi connectivity index (χ4n) is 1.80. The van der Waals surface area contributed by atoms with Crippen LogP contribution in [0.2, 0.25) is 0 Å². The molecule has 2 N–H and O–H groups in total. The molecule has 1 fully saturated rings. The number of sulfone groups is 1. The Morgan fingerprint density at radius 3 is 2.44 bits per heavy atom. The Hall–Kier alpha value is -1.30. The number of halogens is 1. The topological polar surface area (TPSA) is 63.4 Å². The van der Waals surface area contributed by atoms with Gasteiger partial charge in [-0.3, -0.25) is 0 Å². The predicted octanol–water partition coefficient (Wildman–Crippen LogP) is 0.643. The molecule has 6 heteroatoms. The zero-order valence-corrected chi connectivity index (χ0v) is 9.50. The second kappa shape index (κ2) is 3.93. The minimum atomic E-state index is -2.95. The number of nitrogen functional groups attached to an aromatic ring is 1. The van der Waals surface area contributed by atoms with Crippen molar-refractivity contribution in [1.82, 2.24) is 0 Å². The Morgan fingerprint density at radius 1 is 1.25 bits per heavy atom. The van der Waals surface area contributed by atoms with Gasteiger partial charge in [0.25, 0.3) is 0 Å². The van der Waals surface area contributed by atoms with Crippen molar-refractivity contribution in [1.29, 1.82) is 0 Å². The summed E-state index contributed by atoms with van der Waals surface area (Å²) >= 11 is 0. The molecule has 0 aromatic heterocycles. The van der Waals surface area contributed by atoms with Gasteiger partial charge < -0.3 is 10.6 Å². The molecule has 4 nitrogen and oxygen atoms in total. The zero-order chi connectivity index (χ0) is 11.8. The average Bonchev–Trinajstić information content (AvgIpc) is 2.20. The van der Waals surface area contributed by atoms with E-state index in [1.54, 1.807) is 11.0 Å². The average molecular weight is 244 g/mol. The van der Waals surface area contributed by atoms with E-state index >= 15 is 0 Å². The van der Waals surface area contributed by atoms with Crippen LogP contribution in [0.1, 0.15) is 0 Å². The van der Waals surface area contributed by atoms with Crippen LogP contribution in [-0.2, 0) is 9.84 Å². The van der Waals surface area contributed by atoms with Gasteiger partial charge in [0, 0.05) is 13.1 Å². The van der Waals surface area contributed by atoms with E-state index in [9.17, 15) is 12.8 Å². The van der Waals surface area contributed by atoms with Gasteiger partial charge in [-0.15, -0.1) is 0 Å². The van der Waals surface area contributed by atoms with Gasteiger partial charge in [0.15, 0.2) is 9.84 Å². The third kappa shape index (κ3) is 2.11. The van der Waals surface area contributed by atoms with Gasteiger partial charge in [0.2, 0.25) is 0 Å². The number of benzene rings is 1. The number of nitrogens with two attached hydrogens (primary N) is 1. The number of hydrogen-bond acceptors (Lipinski definition) is 4. The van der Waals surface area contributed by atoms with E-state index in [1.807, 2.05) is 0 Å². The van der Waals surface area contributed by atoms with Crippen molar-refractivity contribution in [3.63, 3.8) is 0 Å². The van der Waals surface area contributed by atoms with E-state index in [0.717, 1.165) is 0 Å². The molecule has 1 aliphatic heterocycles. The van der Waals surface area contributed by atoms with E-state index in [1.165, 1.54) is 12.1 Å². The van der Waals surface area contributed by atoms with Gasteiger partial charge in [-0.05, 0) is 12.1 Å². The lowest BCUT2D eigenvalue weighted by Gasteiger charge is -2.29. The van der Waals surface area contributed by atoms with E-state index < -0.39 is 15.7 Å². The van der Waals surface area contributed by atoms with Crippen LogP contribution in [0.5, 0.6) is 0 Å². The largest absolute Gasteiger partial charge is 0.397 e. The lowest BCUT2D eigenvalue weighted by Crippen LogP contribution is -2.41. The first kappa shape index (κ1) is 11.2. The molecule has 1 heterocycles. The summed E-state index contributed by atoms with van der Waals surface area (Å²) in [6.45, 7) is 0.598. The van der Waals surface area contributed by atoms with Gasteiger partial charge in [0.1, 0.15) is 5.82 Å². The molecule has 1 aromatic carbocycles. The summed E-state index contributed by atoms with van der Waals surface area (Å²) in [4.78, 5) is 1.69. The van der Waals surface area contributed by atoms with Crippen molar-refractivity contribution in [2.24, 2.45) is 0 Å². The minimum Gasteiger partial charge on any atom is -0.397 e. The van der Waals surface area contributed by atoms with E-state index in [-0.39, 0.29) is 11.5 Å². The highest BCUT2D eigenvalue weighted by atomic mass is 32.2. The molecule has 1 aliphatic rings. The molecular formula is C10H13FN2O2S. The van der Waals surface area contributed by atoms with Crippen molar-refractivity contribution >= 4 is 21.2 Å². The Balaban J connectivity index is 2.27. The number of hydrogen-bond donors (Lipinski definition) is 1. The molecule has 0 radical (unpaired) electrons. The summed E-state index contributed by atoms with van der Waals surface area (Å²) in [6.07, 6.45) is 0. The minimum absolute atomic E-state index is 0.0563. The lowest BCUT2D eigenvalue weighted by atomic mass is 10.2. The quantitative estimate of drug-likeness (QED) is 0.736. The summed E-state index contributed by atoms with van der Waals surface area (Å²) in [7, 11) is -2.95. The first-order valence-corrected chi connectivity index (χ1v) is 6.81. The van der Waals surface area contributed by atoms with Crippen molar-refractivity contribution in [3.05, 3.63) is 24.0 Å². The molecule has 0 unspecified atom stereocenters. The third-order valence-electron chi connectivity index (χ3n) is 2.68. The molecule has 0 aliphatic carbocycles. The van der Waals surface area contributed by atoms with Gasteiger partial charge in [0.05, 0.1) is 22.9 Å². The molecule has 88 valence electrons. The molecule has 1 aromatic rings. The molecule has 0 spiro atoms. The van der Waals surface area contributed by atoms with Crippen molar-refractivity contribution in [2.75, 3.05) is 35.2 Å². The Morgan fingerprint density at radius 2 is 1.88 bits per heavy atom. The molecule has 2 rings (SSSR count). The van der Waals surface area contributed by atoms with Crippen molar-refractivity contribution in [3.8, 4) is 0 Å². The zero-order valence-electron chi connectivity index (χ0n) is 8.69. The highest BCUT2D eigenvalue weighted by Gasteiger charge is 2.24. The van der Waals surface area contributed by atoms with Gasteiger partial charge in [-0.2, -0.15) is 0 Å². The van der Waals surface area contributed by atoms with Crippen LogP contribution in [0.4, 0.5) is 15.8 Å². The maximum Gasteiger partial charge on any atom is 0.153 e. The Bertz CT molecular complexity index is 467. The van der Waals surface area contributed by atoms with Crippen LogP contribution in [-0.4, -0.2) is 33.0 Å². The van der Waals surface area contributed by atoms with Crippen molar-refractivity contribution in [2.45, 2.75) is 0 Å². The highest BCUT2D eigenvalue weighted by Crippen LogP contribution is 2.27. The molecular weight excluding hydrogens is 231 g/mol. The maximum absolute atomic E-state index is 13.6. The summed E-state index contributed by atoms with van der Waals surface area (Å²) < 4.78 is 36.0. The summed E-state index contributed by atoms with van der Waals surface area (Å²) in [5.41, 5.74) is 6.35. The van der Waals surface area contributed by atoms with E-state index in [2.05, 4.69) is 0 Å². The second-order valence-electron chi connectivity index (χ2n) is 3.82. The normalized spacial score (nSPS) is 19.7. The molecule has 0 amide bonds. The van der Waals surface area contributed by atoms with Gasteiger partial charge >= 0.3 is 0 Å². The molecule has 16 heavy (non-hydrogen) atoms. The molecule has 0 atom stereocenters. The van der Waals surface area contributed by atoms with Crippen LogP contribution in [0.15, 0.2) is 18.2 Å². The maximum atomic E-state index is 13.6. The monoisotopic (exact) mass is 244 g/mol. The smallest absolute Gasteiger partial charge is 0.153 e. The fourth-order valence-corrected chi connectivity index (χ4v) is 3.00. The number of nitrogens with zero attached hydrogens (tertiary/aromatic N) is 1. The van der Waals surface area contributed by atoms with E-state index in [0.29, 0.717) is 24.5 Å². The number of anilines is 2. The second-order valence-corrected chi connectivity index (χ2v) is 6.12. The van der Waals surface area contributed by atoms with Crippen LogP contribution in [0, 0.1) is 5.82 Å². The summed E-state index contributed by atoms with van der Waals surface area (Å²) in [5, 5.41) is 0. The standard InChI is InChI=1S/C10H13FN2O2S/c11-8-2-1-3-9(12)10(8)13-4-6-16(14,15)7-5-13/h1-3H,4-7,12H2. The van der Waals surface area contributed by atoms with Crippen LogP contribution < -0.4 is 10.6 Å². The Kier molecular flexibility index (Phi) is 2.75. The first-order valence-electron chi connectivity index (χ1n) is 4.99. The summed E-state index contributed by atoms with van der Waals surface area (Å²) in [6, 6.07) is 4.48. The van der Waals surface area contributed by atoms with Gasteiger partial charge in [-0.1, -0.05) is 6.07 Å². The predicted molar refractivity (Wildman–Crippen MR) is 61.7 cm³/mol. The third-order valence-corrected chi connectivity index (χ3v) is 4.29. The van der Waals surface area contributed by atoms with Crippen LogP contribution >= 0.6 is 0 Å². The first-order chi connectivity index (χ1) is 7.49. The fraction of sp³-hybridized carbons (Fsp3) is 0.400. The highest BCUT2D eigenvalue weighted by molar-refractivity contribution is 7.91. The molecule has 0 saturated carbocycles. The van der Waals surface area contributed by atoms with E-state index in [4.69, 9.17) is 5.73 Å². The van der Waals surface area contributed by atoms with Crippen molar-refractivity contribution < 1.29 is 12.8 Å². The van der Waals surface area contributed by atoms with Crippen LogP contribution in [0.25, 0.3) is 0 Å². The van der Waals surface area contributed by atoms with Crippen LogP contribution in [0.3, 0.4) is 0 Å².